The van der Waals surface area contributed by atoms with Gasteiger partial charge < -0.3 is 5.11 Å². The fourth-order valence-corrected chi connectivity index (χ4v) is 3.12. The summed E-state index contributed by atoms with van der Waals surface area (Å²) < 4.78 is 0. The number of carboxylic acids is 1. The van der Waals surface area contributed by atoms with Crippen molar-refractivity contribution in [3.8, 4) is 0 Å². The third-order valence-electron chi connectivity index (χ3n) is 4.76. The van der Waals surface area contributed by atoms with Crippen LogP contribution in [-0.4, -0.2) is 22.8 Å². The Kier molecular flexibility index (Phi) is 7.67. The predicted molar refractivity (Wildman–Crippen MR) is 82.9 cm³/mol. The largest absolute Gasteiger partial charge is 0.481 e. The van der Waals surface area contributed by atoms with Crippen LogP contribution in [-0.2, 0) is 14.6 Å². The molecule has 4 heteroatoms. The predicted octanol–water partition coefficient (Wildman–Crippen LogP) is 4.57. The highest BCUT2D eigenvalue weighted by Gasteiger charge is 2.34. The van der Waals surface area contributed by atoms with E-state index in [0.29, 0.717) is 12.3 Å². The molecular weight excluding hydrogens is 268 g/mol. The van der Waals surface area contributed by atoms with Crippen LogP contribution in [0.2, 0.25) is 0 Å². The van der Waals surface area contributed by atoms with Gasteiger partial charge in [0.25, 0.3) is 0 Å². The van der Waals surface area contributed by atoms with Crippen LogP contribution in [0.15, 0.2) is 0 Å². The highest BCUT2D eigenvalue weighted by atomic mass is 17.2. The highest BCUT2D eigenvalue weighted by molar-refractivity contribution is 5.70. The number of hydrogen-bond acceptors (Lipinski definition) is 3. The Morgan fingerprint density at radius 3 is 2.43 bits per heavy atom. The van der Waals surface area contributed by atoms with Crippen molar-refractivity contribution in [3.63, 3.8) is 0 Å². The standard InChI is InChI=1S/C17H32O4/c1-5-6-12-15(16(18)19)13(2)20-21-17(3,4)14-10-8-7-9-11-14/h13-15H,5-12H2,1-4H3,(H,18,19). The quantitative estimate of drug-likeness (QED) is 0.500. The summed E-state index contributed by atoms with van der Waals surface area (Å²) in [7, 11) is 0. The Balaban J connectivity index is 2.48. The average Bonchev–Trinajstić information content (AvgIpc) is 2.46. The van der Waals surface area contributed by atoms with E-state index in [2.05, 4.69) is 20.8 Å². The molecule has 1 N–H and O–H groups in total. The van der Waals surface area contributed by atoms with Gasteiger partial charge in [-0.3, -0.25) is 4.79 Å². The van der Waals surface area contributed by atoms with Gasteiger partial charge in [-0.1, -0.05) is 39.0 Å². The summed E-state index contributed by atoms with van der Waals surface area (Å²) >= 11 is 0. The van der Waals surface area contributed by atoms with E-state index in [4.69, 9.17) is 9.78 Å². The van der Waals surface area contributed by atoms with Gasteiger partial charge in [0, 0.05) is 0 Å². The Morgan fingerprint density at radius 1 is 1.29 bits per heavy atom. The molecule has 0 spiro atoms. The summed E-state index contributed by atoms with van der Waals surface area (Å²) in [5, 5.41) is 9.31. The number of aliphatic carboxylic acids is 1. The molecule has 0 aromatic rings. The summed E-state index contributed by atoms with van der Waals surface area (Å²) in [6.07, 6.45) is 8.26. The Bertz CT molecular complexity index is 308. The molecule has 21 heavy (non-hydrogen) atoms. The molecule has 2 unspecified atom stereocenters. The fourth-order valence-electron chi connectivity index (χ4n) is 3.12. The zero-order valence-electron chi connectivity index (χ0n) is 14.1. The van der Waals surface area contributed by atoms with Crippen LogP contribution >= 0.6 is 0 Å². The van der Waals surface area contributed by atoms with E-state index in [1.165, 1.54) is 32.1 Å². The minimum atomic E-state index is -0.796. The molecule has 1 saturated carbocycles. The third kappa shape index (κ3) is 5.95. The van der Waals surface area contributed by atoms with E-state index in [1.807, 2.05) is 0 Å². The van der Waals surface area contributed by atoms with Gasteiger partial charge in [0.2, 0.25) is 0 Å². The third-order valence-corrected chi connectivity index (χ3v) is 4.76. The lowest BCUT2D eigenvalue weighted by Gasteiger charge is -2.36. The van der Waals surface area contributed by atoms with E-state index < -0.39 is 18.0 Å². The summed E-state index contributed by atoms with van der Waals surface area (Å²) in [6.45, 7) is 7.97. The molecular formula is C17H32O4. The molecule has 2 atom stereocenters. The van der Waals surface area contributed by atoms with Crippen molar-refractivity contribution in [2.45, 2.75) is 90.8 Å². The minimum absolute atomic E-state index is 0.345. The Hall–Kier alpha value is -0.610. The van der Waals surface area contributed by atoms with Gasteiger partial charge >= 0.3 is 5.97 Å². The van der Waals surface area contributed by atoms with Crippen LogP contribution in [0.1, 0.15) is 79.1 Å². The van der Waals surface area contributed by atoms with E-state index in [9.17, 15) is 9.90 Å². The molecule has 124 valence electrons. The second-order valence-electron chi connectivity index (χ2n) is 6.91. The van der Waals surface area contributed by atoms with Gasteiger partial charge in [-0.15, -0.1) is 0 Å². The molecule has 4 nitrogen and oxygen atoms in total. The normalized spacial score (nSPS) is 20.2. The first kappa shape index (κ1) is 18.4. The smallest absolute Gasteiger partial charge is 0.309 e. The van der Waals surface area contributed by atoms with Gasteiger partial charge in [0.05, 0.1) is 5.92 Å². The van der Waals surface area contributed by atoms with Crippen molar-refractivity contribution in [3.05, 3.63) is 0 Å². The summed E-state index contributed by atoms with van der Waals surface area (Å²) in [6, 6.07) is 0. The van der Waals surface area contributed by atoms with Crippen molar-refractivity contribution < 1.29 is 19.7 Å². The molecule has 0 bridgehead atoms. The van der Waals surface area contributed by atoms with E-state index in [-0.39, 0.29) is 5.60 Å². The number of hydrogen-bond donors (Lipinski definition) is 1. The van der Waals surface area contributed by atoms with Crippen molar-refractivity contribution in [1.82, 2.24) is 0 Å². The molecule has 0 heterocycles. The van der Waals surface area contributed by atoms with Crippen molar-refractivity contribution in [2.75, 3.05) is 0 Å². The van der Waals surface area contributed by atoms with Gasteiger partial charge in [0.15, 0.2) is 0 Å². The summed E-state index contributed by atoms with van der Waals surface area (Å²) in [5.74, 6) is -0.792. The number of carbonyl (C=O) groups is 1. The minimum Gasteiger partial charge on any atom is -0.481 e. The molecule has 1 aliphatic rings. The average molecular weight is 300 g/mol. The molecule has 0 aromatic heterocycles. The van der Waals surface area contributed by atoms with Crippen LogP contribution in [0.4, 0.5) is 0 Å². The Labute approximate surface area is 129 Å². The van der Waals surface area contributed by atoms with Crippen molar-refractivity contribution in [2.24, 2.45) is 11.8 Å². The Morgan fingerprint density at radius 2 is 1.90 bits per heavy atom. The molecule has 0 amide bonds. The molecule has 0 aliphatic heterocycles. The van der Waals surface area contributed by atoms with Gasteiger partial charge in [-0.25, -0.2) is 9.78 Å². The van der Waals surface area contributed by atoms with Gasteiger partial charge in [-0.2, -0.15) is 0 Å². The number of carboxylic acid groups (broad SMARTS) is 1. The molecule has 1 aliphatic carbocycles. The van der Waals surface area contributed by atoms with Crippen LogP contribution in [0.5, 0.6) is 0 Å². The second-order valence-corrected chi connectivity index (χ2v) is 6.91. The number of rotatable bonds is 9. The van der Waals surface area contributed by atoms with Gasteiger partial charge in [-0.05, 0) is 46.0 Å². The molecule has 1 fully saturated rings. The van der Waals surface area contributed by atoms with Crippen LogP contribution < -0.4 is 0 Å². The lowest BCUT2D eigenvalue weighted by Crippen LogP contribution is -2.38. The first-order valence-electron chi connectivity index (χ1n) is 8.45. The zero-order valence-corrected chi connectivity index (χ0v) is 14.1. The van der Waals surface area contributed by atoms with Crippen LogP contribution in [0, 0.1) is 11.8 Å². The maximum Gasteiger partial charge on any atom is 0.309 e. The van der Waals surface area contributed by atoms with Gasteiger partial charge in [0.1, 0.15) is 11.7 Å². The molecule has 0 radical (unpaired) electrons. The zero-order chi connectivity index (χ0) is 15.9. The van der Waals surface area contributed by atoms with E-state index in [1.54, 1.807) is 6.92 Å². The lowest BCUT2D eigenvalue weighted by molar-refractivity contribution is -0.391. The van der Waals surface area contributed by atoms with Crippen LogP contribution in [0.25, 0.3) is 0 Å². The van der Waals surface area contributed by atoms with Crippen LogP contribution in [0.3, 0.4) is 0 Å². The molecule has 1 rings (SSSR count). The summed E-state index contributed by atoms with van der Waals surface area (Å²) in [4.78, 5) is 22.5. The SMILES string of the molecule is CCCCC(C(=O)O)C(C)OOC(C)(C)C1CCCCC1. The van der Waals surface area contributed by atoms with E-state index >= 15 is 0 Å². The first-order valence-corrected chi connectivity index (χ1v) is 8.45. The topological polar surface area (TPSA) is 55.8 Å². The van der Waals surface area contributed by atoms with E-state index in [0.717, 1.165) is 12.8 Å². The first-order chi connectivity index (χ1) is 9.88. The lowest BCUT2D eigenvalue weighted by atomic mass is 9.79. The highest BCUT2D eigenvalue weighted by Crippen LogP contribution is 2.35. The maximum atomic E-state index is 11.3. The second kappa shape index (κ2) is 8.74. The monoisotopic (exact) mass is 300 g/mol. The molecule has 0 aromatic carbocycles. The maximum absolute atomic E-state index is 11.3. The summed E-state index contributed by atoms with van der Waals surface area (Å²) in [5.41, 5.74) is -0.345. The fraction of sp³-hybridized carbons (Fsp3) is 0.941. The van der Waals surface area contributed by atoms with Crippen molar-refractivity contribution >= 4 is 5.97 Å². The number of unbranched alkanes of at least 4 members (excludes halogenated alkanes) is 1. The molecule has 0 saturated heterocycles. The van der Waals surface area contributed by atoms with Crippen molar-refractivity contribution in [1.29, 1.82) is 0 Å².